The number of aliphatic carboxylic acids is 1. The standard InChI is InChI=1S/C6H10O7.K/c7-1-2(8)3(9)4(10)5(11)6(12)13;/h3-5,7,9-11H,1H2,(H,12,13);/q;+1/p-1. The number of hydrogen-bond donors (Lipinski definition) is 4. The number of hydrogen-bond acceptors (Lipinski definition) is 7. The van der Waals surface area contributed by atoms with Crippen LogP contribution in [0.5, 0.6) is 0 Å². The topological polar surface area (TPSA) is 138 Å². The van der Waals surface area contributed by atoms with Crippen LogP contribution in [-0.4, -0.2) is 57.1 Å². The number of carbonyl (C=O) groups is 2. The first-order valence-corrected chi connectivity index (χ1v) is 3.30. The van der Waals surface area contributed by atoms with Crippen LogP contribution in [0.1, 0.15) is 0 Å². The van der Waals surface area contributed by atoms with Gasteiger partial charge >= 0.3 is 51.4 Å². The molecule has 14 heavy (non-hydrogen) atoms. The molecular weight excluding hydrogens is 223 g/mol. The maximum atomic E-state index is 10.5. The number of carboxylic acids is 1. The first-order chi connectivity index (χ1) is 5.91. The van der Waals surface area contributed by atoms with E-state index in [1.807, 2.05) is 0 Å². The van der Waals surface area contributed by atoms with Gasteiger partial charge in [0.25, 0.3) is 0 Å². The molecule has 0 spiro atoms. The summed E-state index contributed by atoms with van der Waals surface area (Å²) in [6.07, 6.45) is -6.71. The van der Waals surface area contributed by atoms with Gasteiger partial charge in [-0.05, 0) is 0 Å². The third-order valence-corrected chi connectivity index (χ3v) is 1.37. The monoisotopic (exact) mass is 232 g/mol. The molecule has 0 saturated heterocycles. The van der Waals surface area contributed by atoms with E-state index in [-0.39, 0.29) is 51.4 Å². The van der Waals surface area contributed by atoms with Gasteiger partial charge in [-0.2, -0.15) is 0 Å². The van der Waals surface area contributed by atoms with Crippen molar-refractivity contribution in [1.29, 1.82) is 0 Å². The van der Waals surface area contributed by atoms with Crippen LogP contribution in [0.25, 0.3) is 0 Å². The van der Waals surface area contributed by atoms with Gasteiger partial charge < -0.3 is 30.3 Å². The van der Waals surface area contributed by atoms with Gasteiger partial charge in [0, 0.05) is 0 Å². The number of carboxylic acid groups (broad SMARTS) is 1. The van der Waals surface area contributed by atoms with Gasteiger partial charge in [0.1, 0.15) is 24.9 Å². The van der Waals surface area contributed by atoms with Crippen molar-refractivity contribution in [2.45, 2.75) is 18.3 Å². The summed E-state index contributed by atoms with van der Waals surface area (Å²) < 4.78 is 0. The summed E-state index contributed by atoms with van der Waals surface area (Å²) >= 11 is 0. The number of aliphatic hydroxyl groups excluding tert-OH is 4. The van der Waals surface area contributed by atoms with Gasteiger partial charge in [0.05, 0.1) is 5.97 Å². The largest absolute Gasteiger partial charge is 1.00 e. The molecule has 0 aromatic carbocycles. The Hall–Kier alpha value is 0.616. The summed E-state index contributed by atoms with van der Waals surface area (Å²) in [6, 6.07) is 0. The van der Waals surface area contributed by atoms with E-state index in [1.165, 1.54) is 0 Å². The van der Waals surface area contributed by atoms with E-state index in [9.17, 15) is 14.7 Å². The minimum atomic E-state index is -2.37. The van der Waals surface area contributed by atoms with Crippen LogP contribution in [0.4, 0.5) is 0 Å². The Morgan fingerprint density at radius 2 is 1.57 bits per heavy atom. The Bertz CT molecular complexity index is 206. The third kappa shape index (κ3) is 4.91. The van der Waals surface area contributed by atoms with Gasteiger partial charge in [-0.1, -0.05) is 0 Å². The predicted octanol–water partition coefficient (Wildman–Crippen LogP) is -7.62. The normalized spacial score (nSPS) is 16.3. The molecule has 0 radical (unpaired) electrons. The Morgan fingerprint density at radius 1 is 1.14 bits per heavy atom. The van der Waals surface area contributed by atoms with Gasteiger partial charge in [-0.25, -0.2) is 0 Å². The minimum Gasteiger partial charge on any atom is -0.547 e. The fourth-order valence-electron chi connectivity index (χ4n) is 0.596. The summed E-state index contributed by atoms with van der Waals surface area (Å²) in [5.74, 6) is -3.20. The molecule has 0 aliphatic rings. The molecular formula is C6H9KO7. The van der Waals surface area contributed by atoms with Crippen molar-refractivity contribution >= 4 is 11.8 Å². The van der Waals surface area contributed by atoms with Crippen LogP contribution >= 0.6 is 0 Å². The van der Waals surface area contributed by atoms with Crippen LogP contribution in [0.3, 0.4) is 0 Å². The molecule has 0 aromatic rings. The smallest absolute Gasteiger partial charge is 0.547 e. The van der Waals surface area contributed by atoms with E-state index < -0.39 is 36.7 Å². The second-order valence-electron chi connectivity index (χ2n) is 2.32. The maximum Gasteiger partial charge on any atom is 1.00 e. The van der Waals surface area contributed by atoms with E-state index in [0.717, 1.165) is 0 Å². The van der Waals surface area contributed by atoms with Gasteiger partial charge in [-0.15, -0.1) is 0 Å². The van der Waals surface area contributed by atoms with Crippen LogP contribution in [0.2, 0.25) is 0 Å². The first kappa shape index (κ1) is 17.0. The molecule has 0 aliphatic carbocycles. The van der Waals surface area contributed by atoms with Gasteiger partial charge in [-0.3, -0.25) is 4.79 Å². The fraction of sp³-hybridized carbons (Fsp3) is 0.667. The summed E-state index contributed by atoms with van der Waals surface area (Å²) in [6.45, 7) is -1.06. The van der Waals surface area contributed by atoms with E-state index in [2.05, 4.69) is 0 Å². The second-order valence-corrected chi connectivity index (χ2v) is 2.32. The second kappa shape index (κ2) is 7.85. The average Bonchev–Trinajstić information content (AvgIpc) is 2.12. The SMILES string of the molecule is O=C([O-])C(O)C(O)C(O)C(=O)CO.[K+]. The minimum absolute atomic E-state index is 0. The van der Waals surface area contributed by atoms with Gasteiger partial charge in [0.2, 0.25) is 0 Å². The molecule has 3 atom stereocenters. The predicted molar refractivity (Wildman–Crippen MR) is 35.1 cm³/mol. The van der Waals surface area contributed by atoms with Gasteiger partial charge in [0.15, 0.2) is 5.78 Å². The molecule has 0 aliphatic heterocycles. The molecule has 8 heteroatoms. The molecule has 76 valence electrons. The van der Waals surface area contributed by atoms with Crippen molar-refractivity contribution in [1.82, 2.24) is 0 Å². The van der Waals surface area contributed by atoms with Crippen molar-refractivity contribution in [2.75, 3.05) is 6.61 Å². The Kier molecular flexibility index (Phi) is 9.55. The Balaban J connectivity index is 0. The van der Waals surface area contributed by atoms with Crippen LogP contribution < -0.4 is 56.5 Å². The van der Waals surface area contributed by atoms with E-state index in [1.54, 1.807) is 0 Å². The molecule has 4 N–H and O–H groups in total. The molecule has 0 fully saturated rings. The zero-order valence-corrected chi connectivity index (χ0v) is 10.6. The van der Waals surface area contributed by atoms with Crippen LogP contribution in [0, 0.1) is 0 Å². The van der Waals surface area contributed by atoms with Crippen molar-refractivity contribution in [3.63, 3.8) is 0 Å². The van der Waals surface area contributed by atoms with Crippen molar-refractivity contribution < 1.29 is 86.5 Å². The van der Waals surface area contributed by atoms with Crippen molar-refractivity contribution in [3.8, 4) is 0 Å². The van der Waals surface area contributed by atoms with Crippen LogP contribution in [-0.2, 0) is 9.59 Å². The number of carbonyl (C=O) groups excluding carboxylic acids is 2. The van der Waals surface area contributed by atoms with E-state index in [4.69, 9.17) is 20.4 Å². The Morgan fingerprint density at radius 3 is 1.86 bits per heavy atom. The molecule has 7 nitrogen and oxygen atoms in total. The van der Waals surface area contributed by atoms with Crippen molar-refractivity contribution in [3.05, 3.63) is 0 Å². The third-order valence-electron chi connectivity index (χ3n) is 1.37. The molecule has 0 saturated carbocycles. The quantitative estimate of drug-likeness (QED) is 0.345. The maximum absolute atomic E-state index is 10.5. The summed E-state index contributed by atoms with van der Waals surface area (Å²) in [7, 11) is 0. The Labute approximate surface area is 122 Å². The summed E-state index contributed by atoms with van der Waals surface area (Å²) in [4.78, 5) is 20.4. The summed E-state index contributed by atoms with van der Waals surface area (Å²) in [5, 5.41) is 44.4. The van der Waals surface area contributed by atoms with E-state index >= 15 is 0 Å². The van der Waals surface area contributed by atoms with Crippen molar-refractivity contribution in [2.24, 2.45) is 0 Å². The molecule has 0 amide bonds. The average molecular weight is 232 g/mol. The zero-order chi connectivity index (χ0) is 10.6. The number of Topliss-reactive ketones (excluding diaryl/α,β-unsaturated/α-hetero) is 1. The fourth-order valence-corrected chi connectivity index (χ4v) is 0.596. The molecule has 0 rings (SSSR count). The first-order valence-electron chi connectivity index (χ1n) is 3.30. The molecule has 3 unspecified atom stereocenters. The zero-order valence-electron chi connectivity index (χ0n) is 7.45. The van der Waals surface area contributed by atoms with Crippen LogP contribution in [0.15, 0.2) is 0 Å². The number of rotatable bonds is 5. The number of aliphatic hydroxyl groups is 4. The molecule has 0 heterocycles. The van der Waals surface area contributed by atoms with E-state index in [0.29, 0.717) is 0 Å². The number of ketones is 1. The summed E-state index contributed by atoms with van der Waals surface area (Å²) in [5.41, 5.74) is 0. The molecule has 0 bridgehead atoms. The molecule has 0 aromatic heterocycles.